The maximum atomic E-state index is 9.48. The van der Waals surface area contributed by atoms with E-state index in [-0.39, 0.29) is 6.61 Å². The van der Waals surface area contributed by atoms with Gasteiger partial charge in [0.1, 0.15) is 5.82 Å². The fourth-order valence-corrected chi connectivity index (χ4v) is 3.97. The number of anilines is 1. The Kier molecular flexibility index (Phi) is 5.93. The van der Waals surface area contributed by atoms with E-state index in [9.17, 15) is 5.11 Å². The second kappa shape index (κ2) is 9.16. The van der Waals surface area contributed by atoms with Crippen LogP contribution in [-0.2, 0) is 24.8 Å². The van der Waals surface area contributed by atoms with E-state index in [2.05, 4.69) is 20.0 Å². The molecule has 5 rings (SSSR count). The predicted molar refractivity (Wildman–Crippen MR) is 123 cm³/mol. The maximum absolute atomic E-state index is 9.48. The van der Waals surface area contributed by atoms with Gasteiger partial charge in [-0.3, -0.25) is 4.68 Å². The molecular formula is C23H27N7O3. The van der Waals surface area contributed by atoms with Crippen LogP contribution < -0.4 is 9.64 Å². The van der Waals surface area contributed by atoms with E-state index in [0.717, 1.165) is 46.6 Å². The highest BCUT2D eigenvalue weighted by atomic mass is 16.5. The summed E-state index contributed by atoms with van der Waals surface area (Å²) in [5.74, 6) is 1.43. The van der Waals surface area contributed by atoms with Gasteiger partial charge in [0.25, 0.3) is 0 Å². The number of hydrogen-bond donors (Lipinski definition) is 1. The Labute approximate surface area is 191 Å². The first-order valence-electron chi connectivity index (χ1n) is 11.0. The van der Waals surface area contributed by atoms with Gasteiger partial charge in [-0.2, -0.15) is 20.2 Å². The van der Waals surface area contributed by atoms with Gasteiger partial charge in [0.15, 0.2) is 5.82 Å². The number of fused-ring (bicyclic) bond motifs is 1. The SMILES string of the molecule is Cc1c2ccc(CO)cc2nn1-c1cc(N2CCOCC2)nc(OCCc2cnn(C)c2)n1. The summed E-state index contributed by atoms with van der Waals surface area (Å²) in [5, 5.41) is 19.4. The minimum absolute atomic E-state index is 0.0224. The molecule has 0 bridgehead atoms. The van der Waals surface area contributed by atoms with Crippen molar-refractivity contribution in [2.24, 2.45) is 7.05 Å². The molecule has 3 aromatic heterocycles. The first-order valence-corrected chi connectivity index (χ1v) is 11.0. The summed E-state index contributed by atoms with van der Waals surface area (Å²) in [5.41, 5.74) is 3.69. The molecule has 4 aromatic rings. The van der Waals surface area contributed by atoms with Crippen LogP contribution in [0.3, 0.4) is 0 Å². The van der Waals surface area contributed by atoms with E-state index < -0.39 is 0 Å². The van der Waals surface area contributed by atoms with Crippen molar-refractivity contribution in [3.05, 3.63) is 53.5 Å². The van der Waals surface area contributed by atoms with Gasteiger partial charge in [-0.1, -0.05) is 12.1 Å². The van der Waals surface area contributed by atoms with Crippen LogP contribution in [0.4, 0.5) is 5.82 Å². The highest BCUT2D eigenvalue weighted by Gasteiger charge is 2.18. The summed E-state index contributed by atoms with van der Waals surface area (Å²) >= 11 is 0. The van der Waals surface area contributed by atoms with Crippen LogP contribution in [0.2, 0.25) is 0 Å². The molecule has 1 saturated heterocycles. The Morgan fingerprint density at radius 2 is 1.91 bits per heavy atom. The van der Waals surface area contributed by atoms with E-state index in [4.69, 9.17) is 14.6 Å². The summed E-state index contributed by atoms with van der Waals surface area (Å²) in [7, 11) is 1.89. The highest BCUT2D eigenvalue weighted by molar-refractivity contribution is 5.82. The molecule has 10 heteroatoms. The molecule has 0 amide bonds. The number of morpholine rings is 1. The lowest BCUT2D eigenvalue weighted by Crippen LogP contribution is -2.37. The number of aliphatic hydroxyl groups excluding tert-OH is 1. The number of aryl methyl sites for hydroxylation is 2. The van der Waals surface area contributed by atoms with Gasteiger partial charge in [-0.05, 0) is 24.1 Å². The summed E-state index contributed by atoms with van der Waals surface area (Å²) in [6, 6.07) is 8.04. The summed E-state index contributed by atoms with van der Waals surface area (Å²) < 4.78 is 15.1. The van der Waals surface area contributed by atoms with Crippen molar-refractivity contribution in [1.29, 1.82) is 0 Å². The van der Waals surface area contributed by atoms with Crippen LogP contribution in [0.25, 0.3) is 16.7 Å². The van der Waals surface area contributed by atoms with Crippen LogP contribution in [0.1, 0.15) is 16.8 Å². The zero-order chi connectivity index (χ0) is 22.8. The minimum Gasteiger partial charge on any atom is -0.463 e. The first kappa shape index (κ1) is 21.4. The monoisotopic (exact) mass is 449 g/mol. The zero-order valence-corrected chi connectivity index (χ0v) is 18.8. The smallest absolute Gasteiger partial charge is 0.320 e. The molecule has 1 aliphatic heterocycles. The average Bonchev–Trinajstić information content (AvgIpc) is 3.41. The molecular weight excluding hydrogens is 422 g/mol. The fourth-order valence-electron chi connectivity index (χ4n) is 3.97. The minimum atomic E-state index is -0.0224. The number of hydrogen-bond acceptors (Lipinski definition) is 8. The molecule has 1 N–H and O–H groups in total. The Bertz CT molecular complexity index is 1260. The van der Waals surface area contributed by atoms with Gasteiger partial charge < -0.3 is 19.5 Å². The highest BCUT2D eigenvalue weighted by Crippen LogP contribution is 2.25. The van der Waals surface area contributed by atoms with Gasteiger partial charge >= 0.3 is 6.01 Å². The van der Waals surface area contributed by atoms with Crippen LogP contribution in [-0.4, -0.2) is 67.5 Å². The van der Waals surface area contributed by atoms with E-state index in [0.29, 0.717) is 38.1 Å². The summed E-state index contributed by atoms with van der Waals surface area (Å²) in [4.78, 5) is 11.5. The number of nitrogens with zero attached hydrogens (tertiary/aromatic N) is 7. The Morgan fingerprint density at radius 3 is 2.67 bits per heavy atom. The van der Waals surface area contributed by atoms with Crippen molar-refractivity contribution >= 4 is 16.7 Å². The Morgan fingerprint density at radius 1 is 1.09 bits per heavy atom. The molecule has 1 aromatic carbocycles. The molecule has 10 nitrogen and oxygen atoms in total. The lowest BCUT2D eigenvalue weighted by atomic mass is 10.1. The van der Waals surface area contributed by atoms with Crippen molar-refractivity contribution < 1.29 is 14.6 Å². The van der Waals surface area contributed by atoms with E-state index in [1.165, 1.54) is 0 Å². The van der Waals surface area contributed by atoms with E-state index in [1.54, 1.807) is 4.68 Å². The van der Waals surface area contributed by atoms with E-state index >= 15 is 0 Å². The van der Waals surface area contributed by atoms with Crippen LogP contribution in [0.5, 0.6) is 6.01 Å². The van der Waals surface area contributed by atoms with Gasteiger partial charge in [0, 0.05) is 44.2 Å². The topological polar surface area (TPSA) is 103 Å². The van der Waals surface area contributed by atoms with Crippen LogP contribution >= 0.6 is 0 Å². The number of ether oxygens (including phenoxy) is 2. The number of aliphatic hydroxyl groups is 1. The standard InChI is InChI=1S/C23H27N7O3/c1-16-19-4-3-17(15-31)11-20(19)27-30(16)22-12-21(29-6-9-32-10-7-29)25-23(26-22)33-8-5-18-13-24-28(2)14-18/h3-4,11-14,31H,5-10,15H2,1-2H3. The Balaban J connectivity index is 1.48. The first-order chi connectivity index (χ1) is 16.1. The molecule has 0 radical (unpaired) electrons. The van der Waals surface area contributed by atoms with Crippen molar-refractivity contribution in [1.82, 2.24) is 29.5 Å². The zero-order valence-electron chi connectivity index (χ0n) is 18.8. The molecule has 0 atom stereocenters. The molecule has 0 saturated carbocycles. The average molecular weight is 450 g/mol. The molecule has 0 spiro atoms. The lowest BCUT2D eigenvalue weighted by Gasteiger charge is -2.28. The van der Waals surface area contributed by atoms with Gasteiger partial charge in [-0.25, -0.2) is 4.68 Å². The molecule has 0 unspecified atom stereocenters. The molecule has 33 heavy (non-hydrogen) atoms. The second-order valence-corrected chi connectivity index (χ2v) is 8.09. The van der Waals surface area contributed by atoms with Crippen molar-refractivity contribution in [3.8, 4) is 11.8 Å². The lowest BCUT2D eigenvalue weighted by molar-refractivity contribution is 0.122. The van der Waals surface area contributed by atoms with Crippen molar-refractivity contribution in [3.63, 3.8) is 0 Å². The third kappa shape index (κ3) is 4.53. The van der Waals surface area contributed by atoms with Gasteiger partial charge in [0.2, 0.25) is 0 Å². The molecule has 1 fully saturated rings. The molecule has 1 aliphatic rings. The quantitative estimate of drug-likeness (QED) is 0.456. The van der Waals surface area contributed by atoms with Crippen molar-refractivity contribution in [2.45, 2.75) is 20.0 Å². The third-order valence-corrected chi connectivity index (χ3v) is 5.77. The van der Waals surface area contributed by atoms with Gasteiger partial charge in [0.05, 0.1) is 43.8 Å². The third-order valence-electron chi connectivity index (χ3n) is 5.77. The predicted octanol–water partition coefficient (Wildman–Crippen LogP) is 1.81. The number of rotatable bonds is 7. The normalized spacial score (nSPS) is 14.2. The molecule has 172 valence electrons. The molecule has 4 heterocycles. The van der Waals surface area contributed by atoms with Gasteiger partial charge in [-0.15, -0.1) is 0 Å². The summed E-state index contributed by atoms with van der Waals surface area (Å²) in [6.07, 6.45) is 4.52. The van der Waals surface area contributed by atoms with Crippen LogP contribution in [0, 0.1) is 6.92 Å². The van der Waals surface area contributed by atoms with Crippen molar-refractivity contribution in [2.75, 3.05) is 37.8 Å². The Hall–Kier alpha value is -3.50. The summed E-state index contributed by atoms with van der Waals surface area (Å²) in [6.45, 7) is 5.25. The number of benzene rings is 1. The largest absolute Gasteiger partial charge is 0.463 e. The maximum Gasteiger partial charge on any atom is 0.320 e. The van der Waals surface area contributed by atoms with Crippen LogP contribution in [0.15, 0.2) is 36.7 Å². The molecule has 0 aliphatic carbocycles. The second-order valence-electron chi connectivity index (χ2n) is 8.09. The number of aromatic nitrogens is 6. The van der Waals surface area contributed by atoms with E-state index in [1.807, 2.05) is 55.3 Å². The fraction of sp³-hybridized carbons (Fsp3) is 0.391.